The molecule has 0 bridgehead atoms. The van der Waals surface area contributed by atoms with E-state index in [1.165, 1.54) is 29.8 Å². The van der Waals surface area contributed by atoms with Gasteiger partial charge in [-0.05, 0) is 53.3 Å². The minimum atomic E-state index is -1.39. The molecule has 2 amide bonds. The first kappa shape index (κ1) is 28.1. The lowest BCUT2D eigenvalue weighted by molar-refractivity contribution is -0.122. The molecule has 1 saturated heterocycles. The van der Waals surface area contributed by atoms with Gasteiger partial charge in [-0.15, -0.1) is 0 Å². The van der Waals surface area contributed by atoms with Gasteiger partial charge in [0.25, 0.3) is 0 Å². The molecule has 8 nitrogen and oxygen atoms in total. The minimum absolute atomic E-state index is 0.0184. The van der Waals surface area contributed by atoms with E-state index in [0.29, 0.717) is 22.7 Å². The molecule has 0 aliphatic carbocycles. The number of halogens is 3. The lowest BCUT2D eigenvalue weighted by atomic mass is 9.62. The lowest BCUT2D eigenvalue weighted by Gasteiger charge is -2.37. The van der Waals surface area contributed by atoms with Crippen LogP contribution in [0.5, 0.6) is 0 Å². The Balaban J connectivity index is 1.72. The van der Waals surface area contributed by atoms with Gasteiger partial charge in [-0.2, -0.15) is 0 Å². The number of hydrogen-bond donors (Lipinski definition) is 4. The smallest absolute Gasteiger partial charge is 0.352 e. The number of amides is 2. The van der Waals surface area contributed by atoms with E-state index in [0.717, 1.165) is 0 Å². The zero-order valence-electron chi connectivity index (χ0n) is 22.3. The van der Waals surface area contributed by atoms with Crippen LogP contribution in [0.15, 0.2) is 48.5 Å². The summed E-state index contributed by atoms with van der Waals surface area (Å²) < 4.78 is 17.2. The van der Waals surface area contributed by atoms with Crippen molar-refractivity contribution in [3.8, 4) is 0 Å². The molecule has 2 aromatic carbocycles. The van der Waals surface area contributed by atoms with E-state index in [2.05, 4.69) is 16.0 Å². The normalized spacial score (nSPS) is 23.8. The van der Waals surface area contributed by atoms with E-state index >= 15 is 4.39 Å². The van der Waals surface area contributed by atoms with Crippen LogP contribution in [0.3, 0.4) is 0 Å². The van der Waals surface area contributed by atoms with Crippen molar-refractivity contribution in [3.63, 3.8) is 0 Å². The first-order valence-corrected chi connectivity index (χ1v) is 13.5. The molecule has 0 saturated carbocycles. The molecule has 2 aliphatic heterocycles. The number of benzene rings is 2. The summed E-state index contributed by atoms with van der Waals surface area (Å²) in [6, 6.07) is 10.8. The topological polar surface area (TPSA) is 112 Å². The number of aromatic nitrogens is 1. The maximum Gasteiger partial charge on any atom is 0.352 e. The van der Waals surface area contributed by atoms with Gasteiger partial charge in [-0.3, -0.25) is 9.59 Å². The predicted molar refractivity (Wildman–Crippen MR) is 152 cm³/mol. The third kappa shape index (κ3) is 4.46. The molecule has 0 radical (unpaired) electrons. The largest absolute Gasteiger partial charge is 0.477 e. The molecular formula is C29H29Cl2FN4O4. The summed E-state index contributed by atoms with van der Waals surface area (Å²) in [6.45, 7) is 6.08. The Labute approximate surface area is 240 Å². The number of carbonyl (C=O) groups excluding carboxylic acids is 2. The van der Waals surface area contributed by atoms with Gasteiger partial charge >= 0.3 is 5.97 Å². The summed E-state index contributed by atoms with van der Waals surface area (Å²) in [5, 5.41) is 18.8. The second-order valence-electron chi connectivity index (χ2n) is 11.6. The molecule has 4 atom stereocenters. The lowest BCUT2D eigenvalue weighted by Crippen LogP contribution is -2.49. The van der Waals surface area contributed by atoms with Crippen LogP contribution in [0, 0.1) is 11.2 Å². The number of anilines is 2. The second kappa shape index (κ2) is 9.90. The number of hydrogen-bond acceptors (Lipinski definition) is 4. The van der Waals surface area contributed by atoms with Gasteiger partial charge < -0.3 is 25.6 Å². The van der Waals surface area contributed by atoms with Crippen LogP contribution < -0.4 is 16.0 Å². The Bertz CT molecular complexity index is 1550. The van der Waals surface area contributed by atoms with E-state index in [4.69, 9.17) is 23.2 Å². The van der Waals surface area contributed by atoms with Crippen LogP contribution >= 0.6 is 23.2 Å². The molecule has 3 heterocycles. The maximum atomic E-state index is 15.8. The van der Waals surface area contributed by atoms with Crippen LogP contribution in [-0.2, 0) is 22.1 Å². The van der Waals surface area contributed by atoms with Crippen LogP contribution in [0.4, 0.5) is 15.9 Å². The molecule has 3 aromatic rings. The number of nitrogens with one attached hydrogen (secondary N) is 3. The van der Waals surface area contributed by atoms with E-state index in [1.54, 1.807) is 30.3 Å². The highest BCUT2D eigenvalue weighted by molar-refractivity contribution is 6.31. The molecule has 1 fully saturated rings. The van der Waals surface area contributed by atoms with Crippen molar-refractivity contribution in [2.45, 2.75) is 50.6 Å². The van der Waals surface area contributed by atoms with E-state index < -0.39 is 41.1 Å². The number of carboxylic acids is 1. The number of carboxylic acid groups (broad SMARTS) is 1. The third-order valence-electron chi connectivity index (χ3n) is 7.81. The highest BCUT2D eigenvalue weighted by Gasteiger charge is 2.66. The molecule has 5 rings (SSSR count). The first-order chi connectivity index (χ1) is 18.8. The predicted octanol–water partition coefficient (Wildman–Crippen LogP) is 5.56. The molecule has 4 N–H and O–H groups in total. The highest BCUT2D eigenvalue weighted by atomic mass is 35.5. The number of carbonyl (C=O) groups is 3. The highest BCUT2D eigenvalue weighted by Crippen LogP contribution is 2.57. The number of rotatable bonds is 5. The van der Waals surface area contributed by atoms with Gasteiger partial charge in [0, 0.05) is 29.7 Å². The zero-order chi connectivity index (χ0) is 29.1. The average molecular weight is 587 g/mol. The Morgan fingerprint density at radius 3 is 2.52 bits per heavy atom. The Kier molecular flexibility index (Phi) is 6.97. The van der Waals surface area contributed by atoms with Crippen molar-refractivity contribution in [1.29, 1.82) is 0 Å². The first-order valence-electron chi connectivity index (χ1n) is 12.8. The van der Waals surface area contributed by atoms with Crippen LogP contribution in [-0.4, -0.2) is 39.5 Å². The number of nitrogens with zero attached hydrogens (tertiary/aromatic N) is 1. The van der Waals surface area contributed by atoms with Crippen LogP contribution in [0.2, 0.25) is 10.0 Å². The molecule has 210 valence electrons. The van der Waals surface area contributed by atoms with E-state index in [9.17, 15) is 19.5 Å². The van der Waals surface area contributed by atoms with Crippen molar-refractivity contribution < 1.29 is 23.9 Å². The van der Waals surface area contributed by atoms with Crippen molar-refractivity contribution in [2.24, 2.45) is 12.5 Å². The second-order valence-corrected chi connectivity index (χ2v) is 12.4. The summed E-state index contributed by atoms with van der Waals surface area (Å²) in [7, 11) is 1.52. The Morgan fingerprint density at radius 1 is 1.15 bits per heavy atom. The fourth-order valence-corrected chi connectivity index (χ4v) is 6.56. The molecule has 11 heteroatoms. The molecular weight excluding hydrogens is 558 g/mol. The Morgan fingerprint density at radius 2 is 1.88 bits per heavy atom. The monoisotopic (exact) mass is 586 g/mol. The average Bonchev–Trinajstić information content (AvgIpc) is 3.47. The van der Waals surface area contributed by atoms with Gasteiger partial charge in [0.05, 0.1) is 11.1 Å². The van der Waals surface area contributed by atoms with Crippen LogP contribution in [0.1, 0.15) is 54.7 Å². The minimum Gasteiger partial charge on any atom is -0.477 e. The third-order valence-corrected chi connectivity index (χ3v) is 8.34. The van der Waals surface area contributed by atoms with Crippen LogP contribution in [0.25, 0.3) is 0 Å². The fourth-order valence-electron chi connectivity index (χ4n) is 6.21. The molecule has 2 aliphatic rings. The maximum absolute atomic E-state index is 15.8. The standard InChI is InChI=1S/C29H29Cl2FN4O4/c1-28(2,3)13-20-29(16-9-8-14(30)12-18(16)33-27(29)40)22(15-6-5-7-17(31)23(15)32)24(34-20)25(37)35-21-11-10-19(26(38)39)36(21)4/h5-12,20,22,24,34H,13H2,1-4H3,(H,33,40)(H,35,37)(H,38,39)/t20-,22-,24+,29+/m0/s1. The van der Waals surface area contributed by atoms with Gasteiger partial charge in [0.1, 0.15) is 22.7 Å². The summed E-state index contributed by atoms with van der Waals surface area (Å²) >= 11 is 12.5. The summed E-state index contributed by atoms with van der Waals surface area (Å²) in [4.78, 5) is 39.7. The molecule has 1 spiro atoms. The van der Waals surface area contributed by atoms with Crippen molar-refractivity contribution in [3.05, 3.63) is 81.2 Å². The summed E-state index contributed by atoms with van der Waals surface area (Å²) in [5.74, 6) is -3.56. The van der Waals surface area contributed by atoms with Crippen molar-refractivity contribution >= 4 is 52.5 Å². The van der Waals surface area contributed by atoms with Gasteiger partial charge in [-0.25, -0.2) is 9.18 Å². The summed E-state index contributed by atoms with van der Waals surface area (Å²) in [6.07, 6.45) is 0.471. The van der Waals surface area contributed by atoms with Gasteiger partial charge in [0.15, 0.2) is 0 Å². The zero-order valence-corrected chi connectivity index (χ0v) is 23.8. The van der Waals surface area contributed by atoms with Crippen molar-refractivity contribution in [2.75, 3.05) is 10.6 Å². The van der Waals surface area contributed by atoms with E-state index in [-0.39, 0.29) is 33.4 Å². The number of aromatic carboxylic acids is 1. The molecule has 40 heavy (non-hydrogen) atoms. The van der Waals surface area contributed by atoms with Gasteiger partial charge in [-0.1, -0.05) is 62.2 Å². The van der Waals surface area contributed by atoms with E-state index in [1.807, 2.05) is 20.8 Å². The fraction of sp³-hybridized carbons (Fsp3) is 0.345. The number of fused-ring (bicyclic) bond motifs is 2. The summed E-state index contributed by atoms with van der Waals surface area (Å²) in [5.41, 5.74) is -0.461. The van der Waals surface area contributed by atoms with Crippen molar-refractivity contribution in [1.82, 2.24) is 9.88 Å². The van der Waals surface area contributed by atoms with Gasteiger partial charge in [0.2, 0.25) is 11.8 Å². The molecule has 1 aromatic heterocycles. The quantitative estimate of drug-likeness (QED) is 0.313. The SMILES string of the molecule is Cn1c(NC(=O)[C@@H]2N[C@@H](CC(C)(C)C)[C@@]3(C(=O)Nc4cc(Cl)ccc43)[C@H]2c2cccc(Cl)c2F)ccc1C(=O)O. The Hall–Kier alpha value is -3.40. The molecule has 0 unspecified atom stereocenters.